The molecule has 4 aromatic carbocycles. The number of alkyl halides is 1. The number of benzene rings is 4. The Morgan fingerprint density at radius 1 is 0.625 bits per heavy atom. The zero-order valence-corrected chi connectivity index (χ0v) is 28.9. The lowest BCUT2D eigenvalue weighted by Crippen LogP contribution is -2.29. The molecule has 2 saturated heterocycles. The molecule has 0 spiro atoms. The second-order valence-corrected chi connectivity index (χ2v) is 12.9. The highest BCUT2D eigenvalue weighted by Crippen LogP contribution is 2.33. The molecule has 2 aliphatic rings. The van der Waals surface area contributed by atoms with Gasteiger partial charge in [-0.05, 0) is 122 Å². The number of aliphatic hydroxyl groups is 1. The van der Waals surface area contributed by atoms with Gasteiger partial charge in [0.05, 0.1) is 20.8 Å². The molecule has 0 bridgehead atoms. The van der Waals surface area contributed by atoms with E-state index in [0.717, 1.165) is 72.6 Å². The summed E-state index contributed by atoms with van der Waals surface area (Å²) >= 11 is 6.01. The fourth-order valence-corrected chi connectivity index (χ4v) is 6.82. The highest BCUT2D eigenvalue weighted by molar-refractivity contribution is 6.17. The van der Waals surface area contributed by atoms with Gasteiger partial charge < -0.3 is 14.6 Å². The number of hydrogen-bond acceptors (Lipinski definition) is 5. The van der Waals surface area contributed by atoms with E-state index in [9.17, 15) is 13.9 Å². The zero-order valence-electron chi connectivity index (χ0n) is 60.1. The van der Waals surface area contributed by atoms with Gasteiger partial charge in [0.2, 0.25) is 0 Å². The minimum atomic E-state index is -0.257. The second kappa shape index (κ2) is 17.8. The maximum absolute atomic E-state index is 14.4. The van der Waals surface area contributed by atoms with Gasteiger partial charge in [-0.1, -0.05) is 49.2 Å². The number of halogens is 3. The molecular formula is C40H79ClF2N2O3. The van der Waals surface area contributed by atoms with Crippen LogP contribution >= 0.6 is 11.6 Å². The highest BCUT2D eigenvalue weighted by Gasteiger charge is 2.18. The van der Waals surface area contributed by atoms with Crippen LogP contribution in [0.3, 0.4) is 0 Å². The molecule has 5 nitrogen and oxygen atoms in total. The number of aliphatic hydroxyl groups excluding tert-OH is 1. The number of piperidine rings is 2. The minimum absolute atomic E-state index is 0.00608. The summed E-state index contributed by atoms with van der Waals surface area (Å²) in [7, 11) is 3.18. The summed E-state index contributed by atoms with van der Waals surface area (Å²) in [6.45, 7) is 5.95. The molecule has 8 heteroatoms. The fraction of sp³-hybridized carbons (Fsp3) is 0.400. The lowest BCUT2D eigenvalue weighted by molar-refractivity contribution is 0.221. The molecule has 0 unspecified atom stereocenters. The molecule has 4 aromatic rings. The summed E-state index contributed by atoms with van der Waals surface area (Å²) in [6, 6.07) is 21.5. The first-order valence-electron chi connectivity index (χ1n) is 32.9. The molecule has 288 valence electrons. The largest absolute Gasteiger partial charge is 0.497 e. The Balaban J connectivity index is -0.0000000771. The molecule has 0 saturated carbocycles. The molecule has 2 heterocycles. The standard InChI is InChI=1S/C20H23ClFNO.C20H24FNO2.16H2/c1-24-17-6-8-20(22)19(12-17)18-7-5-15(13-21)11-16(18)14-23-9-3-2-4-10-23;1-24-17-6-8-20(21)19(12-17)18-7-5-15(14-23)11-16(18)13-22-9-3-2-4-10-22;;;;;;;;;;;;;;;;/h5-8,11-12H,2-4,9-10,13-14H2,1H3;5-8,11-12,23H,2-4,9-10,13-14H2,1H3;16*1H/i;;16*1+2T. The average molecular weight is 774 g/mol. The maximum atomic E-state index is 14.4. The van der Waals surface area contributed by atoms with Crippen molar-refractivity contribution in [3.63, 3.8) is 0 Å². The van der Waals surface area contributed by atoms with Crippen molar-refractivity contribution >= 4 is 11.6 Å². The molecule has 0 aliphatic carbocycles. The van der Waals surface area contributed by atoms with Crippen molar-refractivity contribution in [3.05, 3.63) is 107 Å². The van der Waals surface area contributed by atoms with Gasteiger partial charge in [-0.3, -0.25) is 9.80 Å². The Morgan fingerprint density at radius 3 is 1.48 bits per heavy atom. The molecular weight excluding hydrogens is 630 g/mol. The summed E-state index contributed by atoms with van der Waals surface area (Å²) in [6.07, 6.45) is 7.47. The molecule has 0 amide bonds. The van der Waals surface area contributed by atoms with Gasteiger partial charge >= 0.3 is 0 Å². The molecule has 0 radical (unpaired) electrons. The Hall–Kier alpha value is -3.49. The summed E-state index contributed by atoms with van der Waals surface area (Å²) in [5, 5.41) is 9.46. The van der Waals surface area contributed by atoms with E-state index in [4.69, 9.17) is 68.6 Å². The van der Waals surface area contributed by atoms with Gasteiger partial charge in [0.25, 0.3) is 0 Å². The molecule has 6 rings (SSSR count). The number of rotatable bonds is 10. The molecule has 48 heavy (non-hydrogen) atoms. The van der Waals surface area contributed by atoms with E-state index >= 15 is 0 Å². The van der Waals surface area contributed by atoms with Crippen molar-refractivity contribution < 1.29 is 70.9 Å². The Kier molecular flexibility index (Phi) is 7.50. The van der Waals surface area contributed by atoms with Crippen LogP contribution in [-0.4, -0.2) is 55.3 Å². The van der Waals surface area contributed by atoms with E-state index in [1.54, 1.807) is 38.5 Å². The number of likely N-dealkylation sites (tertiary alicyclic amines) is 2. The predicted molar refractivity (Wildman–Crippen MR) is 224 cm³/mol. The Bertz CT molecular complexity index is 1590. The third kappa shape index (κ3) is 9.35. The van der Waals surface area contributed by atoms with E-state index in [-0.39, 0.29) is 18.2 Å². The first-order valence-corrected chi connectivity index (χ1v) is 17.5. The lowest BCUT2D eigenvalue weighted by atomic mass is 9.96. The number of ether oxygens (including phenoxy) is 2. The van der Waals surface area contributed by atoms with E-state index in [1.165, 1.54) is 50.7 Å². The van der Waals surface area contributed by atoms with Gasteiger partial charge in [0.15, 0.2) is 0 Å². The molecule has 0 atom stereocenters. The maximum Gasteiger partial charge on any atom is 0.131 e. The van der Waals surface area contributed by atoms with Crippen LogP contribution in [0, 0.1) is 11.6 Å². The van der Waals surface area contributed by atoms with Gasteiger partial charge in [0.1, 0.15) is 23.1 Å². The van der Waals surface area contributed by atoms with Crippen LogP contribution in [0.4, 0.5) is 8.78 Å². The summed E-state index contributed by atoms with van der Waals surface area (Å²) in [5.41, 5.74) is 7.02. The predicted octanol–water partition coefficient (Wildman–Crippen LogP) is 13.1. The van der Waals surface area contributed by atoms with Crippen LogP contribution in [0.15, 0.2) is 72.8 Å². The number of nitrogens with zero attached hydrogens (tertiary/aromatic N) is 2. The first-order chi connectivity index (χ1) is 39.4. The lowest BCUT2D eigenvalue weighted by Gasteiger charge is -2.27. The van der Waals surface area contributed by atoms with Crippen LogP contribution in [0.5, 0.6) is 11.5 Å². The quantitative estimate of drug-likeness (QED) is 0.163. The van der Waals surface area contributed by atoms with Crippen LogP contribution in [0.25, 0.3) is 22.3 Å². The van der Waals surface area contributed by atoms with Crippen molar-refractivity contribution in [2.24, 2.45) is 0 Å². The van der Waals surface area contributed by atoms with Gasteiger partial charge in [-0.2, -0.15) is 0 Å². The normalized spacial score (nSPS) is 18.1. The minimum Gasteiger partial charge on any atom is -0.497 e. The van der Waals surface area contributed by atoms with Gasteiger partial charge in [-0.25, -0.2) is 8.78 Å². The van der Waals surface area contributed by atoms with Crippen LogP contribution < -0.4 is 9.47 Å². The number of methoxy groups -OCH3 is 2. The zero-order chi connectivity index (χ0) is 65.9. The van der Waals surface area contributed by atoms with E-state index in [2.05, 4.69) is 15.9 Å². The smallest absolute Gasteiger partial charge is 0.131 e. The van der Waals surface area contributed by atoms with Crippen LogP contribution in [0.2, 0.25) is 0 Å². The van der Waals surface area contributed by atoms with Gasteiger partial charge in [-0.15, -0.1) is 11.6 Å². The first kappa shape index (κ1) is 20.2. The molecule has 2 aliphatic heterocycles. The topological polar surface area (TPSA) is 45.2 Å². The van der Waals surface area contributed by atoms with Crippen LogP contribution in [0.1, 0.15) is 108 Å². The Morgan fingerprint density at radius 2 is 1.06 bits per heavy atom. The van der Waals surface area contributed by atoms with Crippen molar-refractivity contribution in [2.45, 2.75) is 64.1 Å². The van der Waals surface area contributed by atoms with E-state index in [0.29, 0.717) is 28.5 Å². The Labute approximate surface area is 338 Å². The average Bonchev–Trinajstić information content (AvgIpc) is 3.59. The summed E-state index contributed by atoms with van der Waals surface area (Å²) in [4.78, 5) is 4.85. The highest BCUT2D eigenvalue weighted by atomic mass is 35.5. The van der Waals surface area contributed by atoms with E-state index < -0.39 is 0 Å². The van der Waals surface area contributed by atoms with Crippen LogP contribution in [-0.2, 0) is 25.6 Å². The van der Waals surface area contributed by atoms with Crippen molar-refractivity contribution in [3.8, 4) is 33.8 Å². The van der Waals surface area contributed by atoms with Crippen molar-refractivity contribution in [2.75, 3.05) is 40.4 Å². The second-order valence-electron chi connectivity index (χ2n) is 12.6. The molecule has 1 N–H and O–H groups in total. The summed E-state index contributed by atoms with van der Waals surface area (Å²) in [5.74, 6) is 1.29. The summed E-state index contributed by atoms with van der Waals surface area (Å²) < 4.78 is 199. The SMILES string of the molecule is COc1ccc(F)c(-c2ccc(CCl)cc2CN2CCCCC2)c1.COc1ccc(F)c(-c2ccc(CO)cc2CN2CCCCC2)c1.[3H][3H].[3H][3H].[3H][3H].[3H][3H].[3H][3H].[3H][3H].[3H][3H].[3H][3H].[3H][3H].[3H][3H].[3H][3H].[3H][3H].[3H][3H].[3H][3H].[3H][3H].[3H][3H]. The third-order valence-corrected chi connectivity index (χ3v) is 9.60. The van der Waals surface area contributed by atoms with E-state index in [1.807, 2.05) is 30.3 Å². The molecule has 0 aromatic heterocycles. The van der Waals surface area contributed by atoms with Gasteiger partial charge in [0, 0.05) is 77.6 Å². The fourth-order valence-electron chi connectivity index (χ4n) is 6.66. The van der Waals surface area contributed by atoms with Crippen molar-refractivity contribution in [1.82, 2.24) is 9.80 Å². The van der Waals surface area contributed by atoms with Crippen molar-refractivity contribution in [1.29, 1.82) is 0 Å². The molecule has 2 fully saturated rings. The third-order valence-electron chi connectivity index (χ3n) is 9.29. The monoisotopic (exact) mass is 773 g/mol. The number of hydrogen-bond donors (Lipinski definition) is 1.